The van der Waals surface area contributed by atoms with E-state index in [1.54, 1.807) is 36.4 Å². The van der Waals surface area contributed by atoms with E-state index >= 15 is 0 Å². The summed E-state index contributed by atoms with van der Waals surface area (Å²) >= 11 is 0. The van der Waals surface area contributed by atoms with Gasteiger partial charge in [-0.15, -0.1) is 0 Å². The standard InChI is InChI=1S/C24H17FO4/c1-2-15-8-13-20-19(14-15)21(26)23(22(28-20)16-6-4-3-5-7-16)29-24(27)17-9-11-18(25)12-10-17/h3-14H,2H2,1H3. The molecule has 5 heteroatoms. The van der Waals surface area contributed by atoms with Crippen LogP contribution < -0.4 is 10.2 Å². The first-order valence-electron chi connectivity index (χ1n) is 9.19. The lowest BCUT2D eigenvalue weighted by Crippen LogP contribution is -2.16. The van der Waals surface area contributed by atoms with E-state index < -0.39 is 17.2 Å². The van der Waals surface area contributed by atoms with Gasteiger partial charge in [0.05, 0.1) is 10.9 Å². The van der Waals surface area contributed by atoms with Crippen LogP contribution in [0.2, 0.25) is 0 Å². The normalized spacial score (nSPS) is 10.8. The lowest BCUT2D eigenvalue weighted by atomic mass is 10.1. The van der Waals surface area contributed by atoms with Crippen molar-refractivity contribution in [2.75, 3.05) is 0 Å². The van der Waals surface area contributed by atoms with Crippen LogP contribution in [0.5, 0.6) is 5.75 Å². The molecule has 0 unspecified atom stereocenters. The predicted molar refractivity (Wildman–Crippen MR) is 109 cm³/mol. The van der Waals surface area contributed by atoms with Gasteiger partial charge in [0.25, 0.3) is 0 Å². The molecule has 0 fully saturated rings. The third-order valence-corrected chi connectivity index (χ3v) is 4.63. The Labute approximate surface area is 166 Å². The van der Waals surface area contributed by atoms with E-state index in [0.29, 0.717) is 16.5 Å². The molecule has 0 radical (unpaired) electrons. The molecule has 0 bridgehead atoms. The maximum atomic E-state index is 13.2. The van der Waals surface area contributed by atoms with E-state index in [2.05, 4.69) is 0 Å². The first-order valence-corrected chi connectivity index (χ1v) is 9.19. The van der Waals surface area contributed by atoms with E-state index in [1.807, 2.05) is 19.1 Å². The Balaban J connectivity index is 1.89. The molecule has 0 amide bonds. The summed E-state index contributed by atoms with van der Waals surface area (Å²) in [5.41, 5.74) is 1.68. The van der Waals surface area contributed by atoms with Crippen molar-refractivity contribution >= 4 is 16.9 Å². The zero-order valence-corrected chi connectivity index (χ0v) is 15.6. The SMILES string of the molecule is CCc1ccc2oc(-c3ccccc3)c(OC(=O)c3ccc(F)cc3)c(=O)c2c1. The van der Waals surface area contributed by atoms with Crippen molar-refractivity contribution in [3.8, 4) is 17.1 Å². The first-order chi connectivity index (χ1) is 14.1. The van der Waals surface area contributed by atoms with Crippen LogP contribution in [0.3, 0.4) is 0 Å². The van der Waals surface area contributed by atoms with Gasteiger partial charge in [-0.25, -0.2) is 9.18 Å². The summed E-state index contributed by atoms with van der Waals surface area (Å²) in [6.07, 6.45) is 0.751. The summed E-state index contributed by atoms with van der Waals surface area (Å²) in [6.45, 7) is 1.98. The molecule has 3 aromatic carbocycles. The van der Waals surface area contributed by atoms with Gasteiger partial charge in [-0.1, -0.05) is 43.3 Å². The predicted octanol–water partition coefficient (Wildman–Crippen LogP) is 5.38. The van der Waals surface area contributed by atoms with Crippen molar-refractivity contribution < 1.29 is 18.3 Å². The van der Waals surface area contributed by atoms with E-state index in [9.17, 15) is 14.0 Å². The third kappa shape index (κ3) is 3.67. The quantitative estimate of drug-likeness (QED) is 0.441. The fourth-order valence-electron chi connectivity index (χ4n) is 3.06. The summed E-state index contributed by atoms with van der Waals surface area (Å²) in [7, 11) is 0. The molecule has 0 atom stereocenters. The molecule has 0 aliphatic heterocycles. The molecule has 0 N–H and O–H groups in total. The molecule has 4 rings (SSSR count). The molecule has 1 heterocycles. The van der Waals surface area contributed by atoms with Crippen LogP contribution in [0.4, 0.5) is 4.39 Å². The minimum absolute atomic E-state index is 0.132. The summed E-state index contributed by atoms with van der Waals surface area (Å²) < 4.78 is 24.6. The Hall–Kier alpha value is -3.73. The van der Waals surface area contributed by atoms with Crippen molar-refractivity contribution in [1.29, 1.82) is 0 Å². The Morgan fingerprint density at radius 2 is 1.72 bits per heavy atom. The zero-order valence-electron chi connectivity index (χ0n) is 15.6. The highest BCUT2D eigenvalue weighted by atomic mass is 19.1. The van der Waals surface area contributed by atoms with Gasteiger partial charge in [-0.05, 0) is 48.4 Å². The van der Waals surface area contributed by atoms with Gasteiger partial charge in [-0.2, -0.15) is 0 Å². The average molecular weight is 388 g/mol. The number of benzene rings is 3. The molecule has 0 saturated carbocycles. The van der Waals surface area contributed by atoms with Crippen LogP contribution in [0.15, 0.2) is 82.0 Å². The second-order valence-corrected chi connectivity index (χ2v) is 6.54. The third-order valence-electron chi connectivity index (χ3n) is 4.63. The zero-order chi connectivity index (χ0) is 20.4. The van der Waals surface area contributed by atoms with Crippen LogP contribution in [0.1, 0.15) is 22.8 Å². The van der Waals surface area contributed by atoms with Crippen molar-refractivity contribution in [2.24, 2.45) is 0 Å². The number of carbonyl (C=O) groups excluding carboxylic acids is 1. The number of aryl methyl sites for hydroxylation is 1. The highest BCUT2D eigenvalue weighted by Gasteiger charge is 2.21. The van der Waals surface area contributed by atoms with Gasteiger partial charge in [0, 0.05) is 5.56 Å². The van der Waals surface area contributed by atoms with Crippen LogP contribution in [-0.4, -0.2) is 5.97 Å². The minimum Gasteiger partial charge on any atom is -0.452 e. The highest BCUT2D eigenvalue weighted by molar-refractivity contribution is 5.93. The molecule has 4 nitrogen and oxygen atoms in total. The molecule has 0 aliphatic rings. The monoisotopic (exact) mass is 388 g/mol. The van der Waals surface area contributed by atoms with Gasteiger partial charge < -0.3 is 9.15 Å². The van der Waals surface area contributed by atoms with E-state index in [0.717, 1.165) is 24.1 Å². The Morgan fingerprint density at radius 1 is 1.00 bits per heavy atom. The van der Waals surface area contributed by atoms with Crippen molar-refractivity contribution in [3.05, 3.63) is 100.0 Å². The van der Waals surface area contributed by atoms with Crippen LogP contribution in [-0.2, 0) is 6.42 Å². The average Bonchev–Trinajstić information content (AvgIpc) is 2.76. The molecular formula is C24H17FO4. The van der Waals surface area contributed by atoms with E-state index in [-0.39, 0.29) is 17.1 Å². The molecule has 144 valence electrons. The maximum Gasteiger partial charge on any atom is 0.343 e. The second-order valence-electron chi connectivity index (χ2n) is 6.54. The Bertz CT molecular complexity index is 1240. The van der Waals surface area contributed by atoms with Crippen LogP contribution in [0, 0.1) is 5.82 Å². The first kappa shape index (κ1) is 18.6. The number of carbonyl (C=O) groups is 1. The molecule has 0 spiro atoms. The largest absolute Gasteiger partial charge is 0.452 e. The van der Waals surface area contributed by atoms with Gasteiger partial charge >= 0.3 is 5.97 Å². The van der Waals surface area contributed by atoms with Gasteiger partial charge in [0.2, 0.25) is 11.2 Å². The van der Waals surface area contributed by atoms with Crippen molar-refractivity contribution in [2.45, 2.75) is 13.3 Å². The second kappa shape index (κ2) is 7.72. The van der Waals surface area contributed by atoms with Gasteiger partial charge in [0.1, 0.15) is 11.4 Å². The Morgan fingerprint density at radius 3 is 2.41 bits per heavy atom. The highest BCUT2D eigenvalue weighted by Crippen LogP contribution is 2.31. The number of fused-ring (bicyclic) bond motifs is 1. The summed E-state index contributed by atoms with van der Waals surface area (Å²) in [6, 6.07) is 19.3. The smallest absolute Gasteiger partial charge is 0.343 e. The number of hydrogen-bond acceptors (Lipinski definition) is 4. The molecular weight excluding hydrogens is 371 g/mol. The summed E-state index contributed by atoms with van der Waals surface area (Å²) in [4.78, 5) is 25.8. The Kier molecular flexibility index (Phi) is 4.96. The fourth-order valence-corrected chi connectivity index (χ4v) is 3.06. The molecule has 0 saturated heterocycles. The van der Waals surface area contributed by atoms with Gasteiger partial charge in [0.15, 0.2) is 5.76 Å². The molecule has 1 aromatic heterocycles. The number of esters is 1. The minimum atomic E-state index is -0.763. The topological polar surface area (TPSA) is 56.5 Å². The van der Waals surface area contributed by atoms with E-state index in [1.165, 1.54) is 12.1 Å². The number of hydrogen-bond donors (Lipinski definition) is 0. The van der Waals surface area contributed by atoms with E-state index in [4.69, 9.17) is 9.15 Å². The van der Waals surface area contributed by atoms with Crippen molar-refractivity contribution in [3.63, 3.8) is 0 Å². The molecule has 4 aromatic rings. The summed E-state index contributed by atoms with van der Waals surface area (Å²) in [5, 5.41) is 0.339. The lowest BCUT2D eigenvalue weighted by Gasteiger charge is -2.11. The molecule has 0 aliphatic carbocycles. The summed E-state index contributed by atoms with van der Waals surface area (Å²) in [5.74, 6) is -1.25. The number of rotatable bonds is 4. The maximum absolute atomic E-state index is 13.2. The number of halogens is 1. The van der Waals surface area contributed by atoms with Crippen molar-refractivity contribution in [1.82, 2.24) is 0 Å². The number of ether oxygens (including phenoxy) is 1. The fraction of sp³-hybridized carbons (Fsp3) is 0.0833. The van der Waals surface area contributed by atoms with Crippen LogP contribution >= 0.6 is 0 Å². The molecule has 29 heavy (non-hydrogen) atoms. The van der Waals surface area contributed by atoms with Gasteiger partial charge in [-0.3, -0.25) is 4.79 Å². The van der Waals surface area contributed by atoms with Crippen LogP contribution in [0.25, 0.3) is 22.3 Å². The lowest BCUT2D eigenvalue weighted by molar-refractivity contribution is 0.0731.